The highest BCUT2D eigenvalue weighted by Gasteiger charge is 2.26. The van der Waals surface area contributed by atoms with Crippen LogP contribution < -0.4 is 0 Å². The molecular formula is C20H36O4. The first-order valence-electron chi connectivity index (χ1n) is 8.69. The second kappa shape index (κ2) is 19.8. The quantitative estimate of drug-likeness (QED) is 0.364. The van der Waals surface area contributed by atoms with Crippen LogP contribution in [0.4, 0.5) is 0 Å². The van der Waals surface area contributed by atoms with E-state index in [0.29, 0.717) is 0 Å². The van der Waals surface area contributed by atoms with Crippen molar-refractivity contribution in [2.45, 2.75) is 45.4 Å². The molecule has 24 heavy (non-hydrogen) atoms. The Labute approximate surface area is 147 Å². The molecule has 0 aromatic heterocycles. The van der Waals surface area contributed by atoms with Crippen LogP contribution in [-0.4, -0.2) is 46.9 Å². The van der Waals surface area contributed by atoms with Gasteiger partial charge < -0.3 is 20.4 Å². The first kappa shape index (κ1) is 25.0. The Bertz CT molecular complexity index is 314. The summed E-state index contributed by atoms with van der Waals surface area (Å²) < 4.78 is 0. The molecule has 140 valence electrons. The SMILES string of the molecule is C1=CCC=C1.C=CC=CCCCCCC.OCC(CO)(CO)CO. The van der Waals surface area contributed by atoms with E-state index in [-0.39, 0.29) is 0 Å². The van der Waals surface area contributed by atoms with E-state index in [1.807, 2.05) is 12.2 Å². The molecule has 0 atom stereocenters. The van der Waals surface area contributed by atoms with Crippen LogP contribution in [0.25, 0.3) is 0 Å². The molecule has 0 heterocycles. The smallest absolute Gasteiger partial charge is 0.0627 e. The maximum atomic E-state index is 8.50. The van der Waals surface area contributed by atoms with E-state index in [9.17, 15) is 0 Å². The number of aliphatic hydroxyl groups excluding tert-OH is 4. The number of hydrogen-bond acceptors (Lipinski definition) is 4. The monoisotopic (exact) mass is 340 g/mol. The minimum atomic E-state index is -1.11. The molecule has 0 radical (unpaired) electrons. The molecule has 0 spiro atoms. The molecule has 1 rings (SSSR count). The molecule has 1 aliphatic rings. The van der Waals surface area contributed by atoms with Crippen molar-refractivity contribution in [3.63, 3.8) is 0 Å². The second-order valence-electron chi connectivity index (χ2n) is 5.74. The molecule has 4 heteroatoms. The van der Waals surface area contributed by atoms with Gasteiger partial charge in [-0.15, -0.1) is 0 Å². The standard InChI is InChI=1S/C10H18.C5H12O4.C5H6/c1-3-5-7-9-10-8-6-4-2;6-1-5(2-7,3-8)4-9;1-2-4-5-3-1/h3,5,7H,1,4,6,8-10H2,2H3;6-9H,1-4H2;1-4H,5H2. The molecule has 1 aliphatic carbocycles. The highest BCUT2D eigenvalue weighted by Crippen LogP contribution is 2.11. The van der Waals surface area contributed by atoms with E-state index in [1.165, 1.54) is 32.1 Å². The molecule has 4 N–H and O–H groups in total. The molecule has 0 saturated heterocycles. The Morgan fingerprint density at radius 2 is 1.46 bits per heavy atom. The lowest BCUT2D eigenvalue weighted by atomic mass is 9.93. The summed E-state index contributed by atoms with van der Waals surface area (Å²) in [5.74, 6) is 0. The maximum absolute atomic E-state index is 8.50. The van der Waals surface area contributed by atoms with Crippen molar-refractivity contribution in [3.8, 4) is 0 Å². The van der Waals surface area contributed by atoms with Crippen LogP contribution >= 0.6 is 0 Å². The van der Waals surface area contributed by atoms with Gasteiger partial charge >= 0.3 is 0 Å². The Hall–Kier alpha value is -1.20. The third kappa shape index (κ3) is 15.7. The fraction of sp³-hybridized carbons (Fsp3) is 0.600. The van der Waals surface area contributed by atoms with E-state index < -0.39 is 31.8 Å². The van der Waals surface area contributed by atoms with Gasteiger partial charge in [0.15, 0.2) is 0 Å². The first-order chi connectivity index (χ1) is 11.7. The van der Waals surface area contributed by atoms with Gasteiger partial charge in [-0.1, -0.05) is 75.3 Å². The van der Waals surface area contributed by atoms with E-state index >= 15 is 0 Å². The topological polar surface area (TPSA) is 80.9 Å². The summed E-state index contributed by atoms with van der Waals surface area (Å²) in [5, 5.41) is 34.0. The van der Waals surface area contributed by atoms with Crippen molar-refractivity contribution in [1.29, 1.82) is 0 Å². The van der Waals surface area contributed by atoms with Crippen molar-refractivity contribution in [2.75, 3.05) is 26.4 Å². The van der Waals surface area contributed by atoms with Crippen LogP contribution in [0.1, 0.15) is 45.4 Å². The zero-order valence-corrected chi connectivity index (χ0v) is 15.1. The lowest BCUT2D eigenvalue weighted by Gasteiger charge is -2.23. The molecule has 0 aliphatic heterocycles. The Kier molecular flexibility index (Phi) is 20.7. The average Bonchev–Trinajstić information content (AvgIpc) is 3.21. The van der Waals surface area contributed by atoms with Crippen molar-refractivity contribution >= 4 is 0 Å². The van der Waals surface area contributed by atoms with E-state index in [4.69, 9.17) is 20.4 Å². The van der Waals surface area contributed by atoms with Crippen LogP contribution in [0.5, 0.6) is 0 Å². The molecule has 0 fully saturated rings. The molecule has 0 aromatic rings. The van der Waals surface area contributed by atoms with E-state index in [2.05, 4.69) is 43.9 Å². The van der Waals surface area contributed by atoms with Gasteiger partial charge in [0.05, 0.1) is 31.8 Å². The molecule has 0 amide bonds. The fourth-order valence-electron chi connectivity index (χ4n) is 1.57. The molecule has 0 unspecified atom stereocenters. The van der Waals surface area contributed by atoms with Gasteiger partial charge in [0.2, 0.25) is 0 Å². The van der Waals surface area contributed by atoms with Crippen molar-refractivity contribution < 1.29 is 20.4 Å². The van der Waals surface area contributed by atoms with Crippen molar-refractivity contribution in [2.24, 2.45) is 5.41 Å². The Balaban J connectivity index is 0. The predicted octanol–water partition coefficient (Wildman–Crippen LogP) is 3.14. The van der Waals surface area contributed by atoms with Crippen molar-refractivity contribution in [3.05, 3.63) is 49.1 Å². The average molecular weight is 341 g/mol. The van der Waals surface area contributed by atoms with Crippen LogP contribution in [0.2, 0.25) is 0 Å². The predicted molar refractivity (Wildman–Crippen MR) is 102 cm³/mol. The number of rotatable bonds is 10. The lowest BCUT2D eigenvalue weighted by molar-refractivity contribution is -0.0328. The molecule has 0 saturated carbocycles. The van der Waals surface area contributed by atoms with Gasteiger partial charge in [-0.2, -0.15) is 0 Å². The van der Waals surface area contributed by atoms with Gasteiger partial charge in [0.25, 0.3) is 0 Å². The Morgan fingerprint density at radius 1 is 0.917 bits per heavy atom. The molecule has 0 aromatic carbocycles. The molecular weight excluding hydrogens is 304 g/mol. The highest BCUT2D eigenvalue weighted by molar-refractivity contribution is 5.12. The number of aliphatic hydroxyl groups is 4. The number of hydrogen-bond donors (Lipinski definition) is 4. The summed E-state index contributed by atoms with van der Waals surface area (Å²) in [6, 6.07) is 0. The Morgan fingerprint density at radius 3 is 1.75 bits per heavy atom. The zero-order valence-electron chi connectivity index (χ0n) is 15.1. The molecule has 4 nitrogen and oxygen atoms in total. The molecule has 0 bridgehead atoms. The summed E-state index contributed by atoms with van der Waals surface area (Å²) in [5.41, 5.74) is -1.11. The van der Waals surface area contributed by atoms with Gasteiger partial charge in [-0.05, 0) is 19.3 Å². The summed E-state index contributed by atoms with van der Waals surface area (Å²) in [7, 11) is 0. The van der Waals surface area contributed by atoms with Crippen LogP contribution in [0.3, 0.4) is 0 Å². The maximum Gasteiger partial charge on any atom is 0.0627 e. The third-order valence-corrected chi connectivity index (χ3v) is 3.49. The third-order valence-electron chi connectivity index (χ3n) is 3.49. The first-order valence-corrected chi connectivity index (χ1v) is 8.69. The minimum absolute atomic E-state index is 0.406. The second-order valence-corrected chi connectivity index (χ2v) is 5.74. The fourth-order valence-corrected chi connectivity index (χ4v) is 1.57. The number of unbranched alkanes of at least 4 members (excludes halogenated alkanes) is 4. The van der Waals surface area contributed by atoms with E-state index in [0.717, 1.165) is 6.42 Å². The summed E-state index contributed by atoms with van der Waals surface area (Å²) in [4.78, 5) is 0. The largest absolute Gasteiger partial charge is 0.396 e. The van der Waals surface area contributed by atoms with Gasteiger partial charge in [-0.25, -0.2) is 0 Å². The lowest BCUT2D eigenvalue weighted by Crippen LogP contribution is -2.37. The van der Waals surface area contributed by atoms with Crippen LogP contribution in [0, 0.1) is 5.41 Å². The normalized spacial score (nSPS) is 12.5. The highest BCUT2D eigenvalue weighted by atomic mass is 16.3. The summed E-state index contributed by atoms with van der Waals surface area (Å²) in [6.07, 6.45) is 22.2. The zero-order chi connectivity index (χ0) is 18.5. The van der Waals surface area contributed by atoms with Gasteiger partial charge in [0.1, 0.15) is 0 Å². The number of allylic oxidation sites excluding steroid dienone is 7. The van der Waals surface area contributed by atoms with Crippen molar-refractivity contribution in [1.82, 2.24) is 0 Å². The van der Waals surface area contributed by atoms with Crippen LogP contribution in [0.15, 0.2) is 49.1 Å². The van der Waals surface area contributed by atoms with Crippen LogP contribution in [-0.2, 0) is 0 Å². The van der Waals surface area contributed by atoms with Gasteiger partial charge in [-0.3, -0.25) is 0 Å². The van der Waals surface area contributed by atoms with Gasteiger partial charge in [0, 0.05) is 0 Å². The minimum Gasteiger partial charge on any atom is -0.396 e. The van der Waals surface area contributed by atoms with E-state index in [1.54, 1.807) is 0 Å². The summed E-state index contributed by atoms with van der Waals surface area (Å²) >= 11 is 0. The summed E-state index contributed by atoms with van der Waals surface area (Å²) in [6.45, 7) is 4.22.